The van der Waals surface area contributed by atoms with Crippen LogP contribution in [-0.2, 0) is 14.3 Å². The fourth-order valence-electron chi connectivity index (χ4n) is 1.34. The Morgan fingerprint density at radius 1 is 1.35 bits per heavy atom. The van der Waals surface area contributed by atoms with Crippen molar-refractivity contribution in [2.45, 2.75) is 6.18 Å². The Kier molecular flexibility index (Phi) is 6.24. The molecule has 0 aliphatic rings. The van der Waals surface area contributed by atoms with Crippen LogP contribution in [-0.4, -0.2) is 36.1 Å². The summed E-state index contributed by atoms with van der Waals surface area (Å²) in [6.45, 7) is -2.39. The molecular weight excluding hydrogens is 321 g/mol. The predicted molar refractivity (Wildman–Crippen MR) is 72.2 cm³/mol. The van der Waals surface area contributed by atoms with Gasteiger partial charge >= 0.3 is 12.1 Å². The number of ether oxygens (including phenoxy) is 1. The maximum absolute atomic E-state index is 11.8. The highest BCUT2D eigenvalue weighted by Gasteiger charge is 2.27. The number of nitrogens with zero attached hydrogens (tertiary/aromatic N) is 1. The van der Waals surface area contributed by atoms with E-state index in [0.29, 0.717) is 5.56 Å². The van der Waals surface area contributed by atoms with Crippen LogP contribution >= 0.6 is 0 Å². The van der Waals surface area contributed by atoms with Gasteiger partial charge in [0.05, 0.1) is 4.92 Å². The monoisotopic (exact) mass is 332 g/mol. The van der Waals surface area contributed by atoms with Crippen LogP contribution in [0.1, 0.15) is 5.56 Å². The Morgan fingerprint density at radius 3 is 2.65 bits per heavy atom. The van der Waals surface area contributed by atoms with Crippen molar-refractivity contribution in [2.75, 3.05) is 13.2 Å². The van der Waals surface area contributed by atoms with Crippen molar-refractivity contribution in [3.8, 4) is 0 Å². The molecule has 0 bridgehead atoms. The number of carbonyl (C=O) groups is 2. The van der Waals surface area contributed by atoms with Crippen molar-refractivity contribution in [2.24, 2.45) is 0 Å². The maximum atomic E-state index is 11.8. The summed E-state index contributed by atoms with van der Waals surface area (Å²) in [5.41, 5.74) is 0.171. The summed E-state index contributed by atoms with van der Waals surface area (Å²) < 4.78 is 39.9. The van der Waals surface area contributed by atoms with Gasteiger partial charge < -0.3 is 10.1 Å². The zero-order valence-electron chi connectivity index (χ0n) is 11.5. The minimum atomic E-state index is -4.55. The number of halogens is 3. The zero-order chi connectivity index (χ0) is 17.5. The van der Waals surface area contributed by atoms with E-state index in [1.54, 1.807) is 0 Å². The van der Waals surface area contributed by atoms with E-state index in [-0.39, 0.29) is 5.69 Å². The van der Waals surface area contributed by atoms with Crippen molar-refractivity contribution >= 4 is 23.6 Å². The van der Waals surface area contributed by atoms with Crippen molar-refractivity contribution in [3.05, 3.63) is 46.0 Å². The normalized spacial score (nSPS) is 11.3. The van der Waals surface area contributed by atoms with Gasteiger partial charge in [-0.2, -0.15) is 13.2 Å². The van der Waals surface area contributed by atoms with E-state index < -0.39 is 36.1 Å². The average Bonchev–Trinajstić information content (AvgIpc) is 2.48. The number of carbonyl (C=O) groups excluding carboxylic acids is 2. The van der Waals surface area contributed by atoms with Crippen molar-refractivity contribution in [1.82, 2.24) is 5.32 Å². The molecule has 1 aromatic carbocycles. The molecule has 0 heterocycles. The molecule has 0 fully saturated rings. The molecule has 0 unspecified atom stereocenters. The minimum Gasteiger partial charge on any atom is -0.452 e. The van der Waals surface area contributed by atoms with E-state index in [1.807, 2.05) is 0 Å². The van der Waals surface area contributed by atoms with Crippen LogP contribution in [0, 0.1) is 10.1 Å². The molecule has 0 saturated carbocycles. The number of nitrogens with one attached hydrogen (secondary N) is 1. The second-order valence-corrected chi connectivity index (χ2v) is 4.19. The summed E-state index contributed by atoms with van der Waals surface area (Å²) in [5.74, 6) is -2.07. The molecule has 1 rings (SSSR count). The molecule has 7 nitrogen and oxygen atoms in total. The number of esters is 1. The summed E-state index contributed by atoms with van der Waals surface area (Å²) in [6.07, 6.45) is -2.44. The second-order valence-electron chi connectivity index (χ2n) is 4.19. The third kappa shape index (κ3) is 7.60. The molecule has 0 atom stereocenters. The lowest BCUT2D eigenvalue weighted by Crippen LogP contribution is -2.36. The standard InChI is InChI=1S/C13H11F3N2O5/c14-13(15,16)8-17-11(19)7-23-12(20)5-4-9-2-1-3-10(6-9)18(21)22/h1-6H,7-8H2,(H,17,19). The summed E-state index contributed by atoms with van der Waals surface area (Å²) in [5, 5.41) is 12.1. The van der Waals surface area contributed by atoms with Gasteiger partial charge in [0.25, 0.3) is 11.6 Å². The molecule has 1 aromatic rings. The fourth-order valence-corrected chi connectivity index (χ4v) is 1.34. The van der Waals surface area contributed by atoms with Crippen LogP contribution < -0.4 is 5.32 Å². The van der Waals surface area contributed by atoms with E-state index in [9.17, 15) is 32.9 Å². The van der Waals surface area contributed by atoms with Crippen molar-refractivity contribution < 1.29 is 32.4 Å². The smallest absolute Gasteiger partial charge is 0.405 e. The van der Waals surface area contributed by atoms with Crippen LogP contribution in [0.25, 0.3) is 6.08 Å². The second kappa shape index (κ2) is 7.92. The van der Waals surface area contributed by atoms with Gasteiger partial charge in [-0.25, -0.2) is 4.79 Å². The third-order valence-corrected chi connectivity index (χ3v) is 2.32. The van der Waals surface area contributed by atoms with Crippen LogP contribution in [0.2, 0.25) is 0 Å². The molecule has 0 saturated heterocycles. The lowest BCUT2D eigenvalue weighted by atomic mass is 10.2. The lowest BCUT2D eigenvalue weighted by Gasteiger charge is -2.07. The Balaban J connectivity index is 2.46. The maximum Gasteiger partial charge on any atom is 0.405 e. The van der Waals surface area contributed by atoms with E-state index in [4.69, 9.17) is 0 Å². The van der Waals surface area contributed by atoms with Gasteiger partial charge in [0.2, 0.25) is 0 Å². The van der Waals surface area contributed by atoms with E-state index >= 15 is 0 Å². The van der Waals surface area contributed by atoms with Gasteiger partial charge in [0.1, 0.15) is 6.54 Å². The summed E-state index contributed by atoms with van der Waals surface area (Å²) in [6, 6.07) is 5.38. The van der Waals surface area contributed by atoms with Crippen LogP contribution in [0.15, 0.2) is 30.3 Å². The first-order chi connectivity index (χ1) is 10.7. The van der Waals surface area contributed by atoms with Gasteiger partial charge in [-0.3, -0.25) is 14.9 Å². The highest BCUT2D eigenvalue weighted by atomic mass is 19.4. The Morgan fingerprint density at radius 2 is 2.04 bits per heavy atom. The molecule has 124 valence electrons. The van der Waals surface area contributed by atoms with Crippen LogP contribution in [0.3, 0.4) is 0 Å². The SMILES string of the molecule is O=C(COC(=O)C=Cc1cccc([N+](=O)[O-])c1)NCC(F)(F)F. The molecule has 1 amide bonds. The molecule has 0 radical (unpaired) electrons. The van der Waals surface area contributed by atoms with Gasteiger partial charge in [-0.1, -0.05) is 12.1 Å². The Bertz CT molecular complexity index is 628. The molecule has 10 heteroatoms. The number of nitro benzene ring substituents is 1. The predicted octanol–water partition coefficient (Wildman–Crippen LogP) is 1.83. The first-order valence-corrected chi connectivity index (χ1v) is 6.10. The molecule has 0 aliphatic carbocycles. The number of alkyl halides is 3. The Hall–Kier alpha value is -2.91. The van der Waals surface area contributed by atoms with E-state index in [0.717, 1.165) is 6.08 Å². The molecular formula is C13H11F3N2O5. The summed E-state index contributed by atoms with van der Waals surface area (Å²) in [7, 11) is 0. The quantitative estimate of drug-likeness (QED) is 0.371. The highest BCUT2D eigenvalue weighted by molar-refractivity contribution is 5.89. The van der Waals surface area contributed by atoms with Crippen molar-refractivity contribution in [1.29, 1.82) is 0 Å². The average molecular weight is 332 g/mol. The number of benzene rings is 1. The number of hydrogen-bond donors (Lipinski definition) is 1. The van der Waals surface area contributed by atoms with Crippen LogP contribution in [0.5, 0.6) is 0 Å². The summed E-state index contributed by atoms with van der Waals surface area (Å²) >= 11 is 0. The first kappa shape index (κ1) is 18.1. The number of hydrogen-bond acceptors (Lipinski definition) is 5. The summed E-state index contributed by atoms with van der Waals surface area (Å²) in [4.78, 5) is 32.3. The van der Waals surface area contributed by atoms with E-state index in [2.05, 4.69) is 4.74 Å². The number of amides is 1. The minimum absolute atomic E-state index is 0.174. The largest absolute Gasteiger partial charge is 0.452 e. The number of nitro groups is 1. The lowest BCUT2D eigenvalue weighted by molar-refractivity contribution is -0.384. The van der Waals surface area contributed by atoms with Crippen LogP contribution in [0.4, 0.5) is 18.9 Å². The Labute approximate surface area is 127 Å². The topological polar surface area (TPSA) is 98.5 Å². The molecule has 23 heavy (non-hydrogen) atoms. The number of rotatable bonds is 6. The van der Waals surface area contributed by atoms with Crippen molar-refractivity contribution in [3.63, 3.8) is 0 Å². The first-order valence-electron chi connectivity index (χ1n) is 6.10. The molecule has 1 N–H and O–H groups in total. The fraction of sp³-hybridized carbons (Fsp3) is 0.231. The molecule has 0 aromatic heterocycles. The van der Waals surface area contributed by atoms with Gasteiger partial charge in [0, 0.05) is 18.2 Å². The van der Waals surface area contributed by atoms with Gasteiger partial charge in [-0.05, 0) is 11.6 Å². The van der Waals surface area contributed by atoms with E-state index in [1.165, 1.54) is 35.7 Å². The third-order valence-electron chi connectivity index (χ3n) is 2.32. The highest BCUT2D eigenvalue weighted by Crippen LogP contribution is 2.14. The van der Waals surface area contributed by atoms with Gasteiger partial charge in [-0.15, -0.1) is 0 Å². The number of non-ortho nitro benzene ring substituents is 1. The molecule has 0 spiro atoms. The zero-order valence-corrected chi connectivity index (χ0v) is 11.5. The molecule has 0 aliphatic heterocycles. The van der Waals surface area contributed by atoms with Gasteiger partial charge in [0.15, 0.2) is 6.61 Å².